The molecule has 0 N–H and O–H groups in total. The molecule has 5 nitrogen and oxygen atoms in total. The minimum absolute atomic E-state index is 0.253. The zero-order valence-electron chi connectivity index (χ0n) is 11.7. The maximum atomic E-state index is 12.0. The highest BCUT2D eigenvalue weighted by Gasteiger charge is 2.13. The highest BCUT2D eigenvalue weighted by atomic mass is 16.5. The number of rotatable bonds is 4. The molecule has 0 aliphatic rings. The van der Waals surface area contributed by atoms with Crippen LogP contribution >= 0.6 is 0 Å². The van der Waals surface area contributed by atoms with Gasteiger partial charge in [0.1, 0.15) is 6.42 Å². The molecule has 0 radical (unpaired) electrons. The van der Waals surface area contributed by atoms with Crippen molar-refractivity contribution in [3.63, 3.8) is 0 Å². The van der Waals surface area contributed by atoms with Crippen LogP contribution in [0.2, 0.25) is 0 Å². The number of esters is 1. The minimum atomic E-state index is -0.536. The summed E-state index contributed by atoms with van der Waals surface area (Å²) in [5.41, 5.74) is 3.17. The zero-order valence-corrected chi connectivity index (χ0v) is 11.7. The third-order valence-electron chi connectivity index (χ3n) is 2.95. The Hall–Kier alpha value is -2.43. The van der Waals surface area contributed by atoms with Gasteiger partial charge in [-0.15, -0.1) is 0 Å². The van der Waals surface area contributed by atoms with Crippen LogP contribution in [-0.2, 0) is 9.53 Å². The topological polar surface area (TPSA) is 61.2 Å². The van der Waals surface area contributed by atoms with E-state index in [0.717, 1.165) is 17.1 Å². The fourth-order valence-electron chi connectivity index (χ4n) is 2.01. The van der Waals surface area contributed by atoms with Crippen molar-refractivity contribution in [3.05, 3.63) is 47.3 Å². The van der Waals surface area contributed by atoms with E-state index in [2.05, 4.69) is 9.84 Å². The summed E-state index contributed by atoms with van der Waals surface area (Å²) >= 11 is 0. The van der Waals surface area contributed by atoms with Crippen molar-refractivity contribution >= 4 is 11.8 Å². The highest BCUT2D eigenvalue weighted by molar-refractivity contribution is 6.06. The van der Waals surface area contributed by atoms with Crippen LogP contribution < -0.4 is 0 Å². The van der Waals surface area contributed by atoms with E-state index in [4.69, 9.17) is 0 Å². The van der Waals surface area contributed by atoms with Crippen molar-refractivity contribution in [2.45, 2.75) is 20.3 Å². The maximum Gasteiger partial charge on any atom is 0.313 e. The first-order chi connectivity index (χ1) is 9.51. The molecule has 0 aliphatic heterocycles. The van der Waals surface area contributed by atoms with Crippen LogP contribution in [-0.4, -0.2) is 28.6 Å². The molecule has 2 aromatic rings. The Morgan fingerprint density at radius 3 is 2.60 bits per heavy atom. The SMILES string of the molecule is COC(=O)CC(=O)c1cccc(-n2nc(C)cc2C)c1. The number of hydrogen-bond acceptors (Lipinski definition) is 4. The molecule has 0 aliphatic carbocycles. The number of aromatic nitrogens is 2. The summed E-state index contributed by atoms with van der Waals surface area (Å²) in [5.74, 6) is -0.799. The van der Waals surface area contributed by atoms with Gasteiger partial charge in [-0.1, -0.05) is 12.1 Å². The van der Waals surface area contributed by atoms with Crippen LogP contribution in [0.15, 0.2) is 30.3 Å². The first-order valence-corrected chi connectivity index (χ1v) is 6.25. The largest absolute Gasteiger partial charge is 0.469 e. The van der Waals surface area contributed by atoms with E-state index in [1.165, 1.54) is 7.11 Å². The third-order valence-corrected chi connectivity index (χ3v) is 2.95. The lowest BCUT2D eigenvalue weighted by Gasteiger charge is -2.06. The summed E-state index contributed by atoms with van der Waals surface area (Å²) in [6.07, 6.45) is -0.253. The standard InChI is InChI=1S/C15H16N2O3/c1-10-7-11(2)17(16-10)13-6-4-5-12(8-13)14(18)9-15(19)20-3/h4-8H,9H2,1-3H3. The smallest absolute Gasteiger partial charge is 0.313 e. The molecular formula is C15H16N2O3. The molecule has 1 heterocycles. The fourth-order valence-corrected chi connectivity index (χ4v) is 2.01. The molecule has 0 spiro atoms. The van der Waals surface area contributed by atoms with Gasteiger partial charge in [0.05, 0.1) is 18.5 Å². The van der Waals surface area contributed by atoms with Gasteiger partial charge in [-0.2, -0.15) is 5.10 Å². The van der Waals surface area contributed by atoms with Gasteiger partial charge in [0, 0.05) is 11.3 Å². The summed E-state index contributed by atoms with van der Waals surface area (Å²) in [6, 6.07) is 9.01. The molecule has 0 saturated heterocycles. The van der Waals surface area contributed by atoms with Gasteiger partial charge in [0.2, 0.25) is 0 Å². The minimum Gasteiger partial charge on any atom is -0.469 e. The predicted octanol–water partition coefficient (Wildman–Crippen LogP) is 2.23. The number of ether oxygens (including phenoxy) is 1. The summed E-state index contributed by atoms with van der Waals surface area (Å²) in [7, 11) is 1.27. The second-order valence-corrected chi connectivity index (χ2v) is 4.57. The maximum absolute atomic E-state index is 12.0. The lowest BCUT2D eigenvalue weighted by atomic mass is 10.1. The quantitative estimate of drug-likeness (QED) is 0.486. The second-order valence-electron chi connectivity index (χ2n) is 4.57. The van der Waals surface area contributed by atoms with Crippen LogP contribution in [0.3, 0.4) is 0 Å². The highest BCUT2D eigenvalue weighted by Crippen LogP contribution is 2.15. The number of carbonyl (C=O) groups excluding carboxylic acids is 2. The second kappa shape index (κ2) is 5.69. The summed E-state index contributed by atoms with van der Waals surface area (Å²) in [4.78, 5) is 23.1. The average Bonchev–Trinajstić information content (AvgIpc) is 2.77. The van der Waals surface area contributed by atoms with Gasteiger partial charge in [-0.25, -0.2) is 4.68 Å². The first-order valence-electron chi connectivity index (χ1n) is 6.25. The van der Waals surface area contributed by atoms with Crippen molar-refractivity contribution in [1.82, 2.24) is 9.78 Å². The van der Waals surface area contributed by atoms with Gasteiger partial charge >= 0.3 is 5.97 Å². The molecule has 0 unspecified atom stereocenters. The molecule has 0 atom stereocenters. The van der Waals surface area contributed by atoms with E-state index in [1.807, 2.05) is 26.0 Å². The number of Topliss-reactive ketones (excluding diaryl/α,β-unsaturated/α-hetero) is 1. The van der Waals surface area contributed by atoms with Gasteiger partial charge in [0.25, 0.3) is 0 Å². The number of aryl methyl sites for hydroxylation is 2. The van der Waals surface area contributed by atoms with Crippen LogP contribution in [0, 0.1) is 13.8 Å². The number of ketones is 1. The van der Waals surface area contributed by atoms with E-state index in [9.17, 15) is 9.59 Å². The van der Waals surface area contributed by atoms with Gasteiger partial charge in [-0.3, -0.25) is 9.59 Å². The molecule has 0 saturated carbocycles. The van der Waals surface area contributed by atoms with E-state index >= 15 is 0 Å². The van der Waals surface area contributed by atoms with Crippen molar-refractivity contribution in [3.8, 4) is 5.69 Å². The van der Waals surface area contributed by atoms with E-state index < -0.39 is 5.97 Å². The summed E-state index contributed by atoms with van der Waals surface area (Å²) in [5, 5.41) is 4.37. The molecule has 20 heavy (non-hydrogen) atoms. The normalized spacial score (nSPS) is 10.3. The predicted molar refractivity (Wildman–Crippen MR) is 74.0 cm³/mol. The Kier molecular flexibility index (Phi) is 3.98. The zero-order chi connectivity index (χ0) is 14.7. The average molecular weight is 272 g/mol. The van der Waals surface area contributed by atoms with Crippen LogP contribution in [0.1, 0.15) is 28.2 Å². The van der Waals surface area contributed by atoms with Crippen molar-refractivity contribution in [2.75, 3.05) is 7.11 Å². The number of nitrogens with zero attached hydrogens (tertiary/aromatic N) is 2. The van der Waals surface area contributed by atoms with Gasteiger partial charge < -0.3 is 4.74 Å². The number of hydrogen-bond donors (Lipinski definition) is 0. The first kappa shape index (κ1) is 14.0. The Bertz CT molecular complexity index is 659. The van der Waals surface area contributed by atoms with E-state index in [1.54, 1.807) is 22.9 Å². The van der Waals surface area contributed by atoms with Crippen LogP contribution in [0.5, 0.6) is 0 Å². The Morgan fingerprint density at radius 1 is 1.25 bits per heavy atom. The number of methoxy groups -OCH3 is 1. The van der Waals surface area contributed by atoms with Gasteiger partial charge in [0.15, 0.2) is 5.78 Å². The molecule has 0 bridgehead atoms. The summed E-state index contributed by atoms with van der Waals surface area (Å²) in [6.45, 7) is 3.86. The number of benzene rings is 1. The van der Waals surface area contributed by atoms with E-state index in [0.29, 0.717) is 5.56 Å². The van der Waals surface area contributed by atoms with E-state index in [-0.39, 0.29) is 12.2 Å². The molecular weight excluding hydrogens is 256 g/mol. The van der Waals surface area contributed by atoms with Crippen molar-refractivity contribution < 1.29 is 14.3 Å². The van der Waals surface area contributed by atoms with Crippen molar-refractivity contribution in [2.24, 2.45) is 0 Å². The lowest BCUT2D eigenvalue weighted by molar-refractivity contribution is -0.139. The molecule has 0 fully saturated rings. The van der Waals surface area contributed by atoms with Gasteiger partial charge in [-0.05, 0) is 32.0 Å². The third kappa shape index (κ3) is 2.93. The molecule has 1 aromatic heterocycles. The van der Waals surface area contributed by atoms with Crippen LogP contribution in [0.25, 0.3) is 5.69 Å². The lowest BCUT2D eigenvalue weighted by Crippen LogP contribution is -2.10. The Labute approximate surface area is 117 Å². The molecule has 0 amide bonds. The molecule has 5 heteroatoms. The van der Waals surface area contributed by atoms with Crippen LogP contribution in [0.4, 0.5) is 0 Å². The monoisotopic (exact) mass is 272 g/mol. The fraction of sp³-hybridized carbons (Fsp3) is 0.267. The molecule has 1 aromatic carbocycles. The van der Waals surface area contributed by atoms with Crippen molar-refractivity contribution in [1.29, 1.82) is 0 Å². The Morgan fingerprint density at radius 2 is 2.00 bits per heavy atom. The molecule has 104 valence electrons. The number of carbonyl (C=O) groups is 2. The molecule has 2 rings (SSSR count). The Balaban J connectivity index is 2.31. The summed E-state index contributed by atoms with van der Waals surface area (Å²) < 4.78 is 6.27.